The fourth-order valence-corrected chi connectivity index (χ4v) is 4.40. The van der Waals surface area contributed by atoms with Gasteiger partial charge in [0.1, 0.15) is 11.7 Å². The highest BCUT2D eigenvalue weighted by Crippen LogP contribution is 2.38. The monoisotopic (exact) mass is 451 g/mol. The molecule has 5 rings (SSSR count). The van der Waals surface area contributed by atoms with Gasteiger partial charge in [-0.1, -0.05) is 63.2 Å². The van der Waals surface area contributed by atoms with Crippen molar-refractivity contribution >= 4 is 21.9 Å². The zero-order valence-corrected chi connectivity index (χ0v) is 19.3. The number of fused-ring (bicyclic) bond motifs is 3. The summed E-state index contributed by atoms with van der Waals surface area (Å²) in [6, 6.07) is 17.5. The summed E-state index contributed by atoms with van der Waals surface area (Å²) in [5.74, 6) is 0. The first-order valence-electron chi connectivity index (χ1n) is 14.6. The van der Waals surface area contributed by atoms with Crippen molar-refractivity contribution in [2.45, 2.75) is 40.9 Å². The van der Waals surface area contributed by atoms with Crippen molar-refractivity contribution in [3.05, 3.63) is 89.1 Å². The molecule has 3 nitrogen and oxygen atoms in total. The fourth-order valence-electron chi connectivity index (χ4n) is 4.40. The van der Waals surface area contributed by atoms with Gasteiger partial charge in [0.15, 0.2) is 5.58 Å². The molecule has 3 heteroatoms. The molecule has 5 aromatic rings. The summed E-state index contributed by atoms with van der Waals surface area (Å²) in [6.45, 7) is 0.871. The minimum absolute atomic E-state index is 0.0426. The van der Waals surface area contributed by atoms with Crippen molar-refractivity contribution < 1.29 is 14.0 Å². The summed E-state index contributed by atoms with van der Waals surface area (Å²) < 4.78 is 64.5. The third kappa shape index (κ3) is 3.86. The zero-order valence-electron chi connectivity index (χ0n) is 26.3. The second-order valence-corrected chi connectivity index (χ2v) is 9.73. The topological polar surface area (TPSA) is 49.8 Å². The number of nitrogens with zero attached hydrogens (tertiary/aromatic N) is 2. The number of hydrogen-bond acceptors (Lipinski definition) is 3. The molecule has 0 amide bonds. The van der Waals surface area contributed by atoms with Gasteiger partial charge in [0.05, 0.1) is 12.6 Å². The van der Waals surface area contributed by atoms with Crippen molar-refractivity contribution in [1.82, 2.24) is 4.98 Å². The Morgan fingerprint density at radius 1 is 0.941 bits per heavy atom. The van der Waals surface area contributed by atoms with Crippen LogP contribution < -0.4 is 0 Å². The van der Waals surface area contributed by atoms with Gasteiger partial charge in [-0.15, -0.1) is 0 Å². The van der Waals surface area contributed by atoms with E-state index in [1.165, 1.54) is 12.3 Å². The third-order valence-corrected chi connectivity index (χ3v) is 5.83. The maximum Gasteiger partial charge on any atom is 0.153 e. The normalized spacial score (nSPS) is 15.5. The molecule has 0 spiro atoms. The molecule has 2 heterocycles. The molecule has 0 saturated heterocycles. The largest absolute Gasteiger partial charge is 0.454 e. The number of rotatable bonds is 3. The van der Waals surface area contributed by atoms with Crippen molar-refractivity contribution in [1.29, 1.82) is 5.26 Å². The van der Waals surface area contributed by atoms with E-state index in [0.29, 0.717) is 40.0 Å². The molecule has 0 fully saturated rings. The summed E-state index contributed by atoms with van der Waals surface area (Å²) >= 11 is 0. The summed E-state index contributed by atoms with van der Waals surface area (Å²) in [6.07, 6.45) is 1.78. The molecular weight excluding hydrogens is 416 g/mol. The second-order valence-electron chi connectivity index (χ2n) is 9.73. The molecule has 0 atom stereocenters. The lowest BCUT2D eigenvalue weighted by Gasteiger charge is -2.19. The first-order valence-corrected chi connectivity index (χ1v) is 11.1. The van der Waals surface area contributed by atoms with Gasteiger partial charge < -0.3 is 4.42 Å². The molecule has 0 bridgehead atoms. The zero-order chi connectivity index (χ0) is 29.9. The standard InChI is InChI=1S/C31H28N2O/c1-19-14-21(16-31(3,4)5)12-13-23(19)27-15-28(33-18-20(27)2)26-11-7-10-25-24-9-6-8-22(17-32)29(24)34-30(25)26/h6-15,18H,16H2,1-5H3/i1D3,2D3,13D. The Morgan fingerprint density at radius 3 is 2.44 bits per heavy atom. The van der Waals surface area contributed by atoms with E-state index < -0.39 is 13.7 Å². The average Bonchev–Trinajstić information content (AvgIpc) is 3.25. The molecule has 0 N–H and O–H groups in total. The first kappa shape index (κ1) is 15.1. The van der Waals surface area contributed by atoms with Crippen LogP contribution in [0, 0.1) is 30.4 Å². The van der Waals surface area contributed by atoms with Crippen molar-refractivity contribution in [2.24, 2.45) is 5.41 Å². The van der Waals surface area contributed by atoms with E-state index in [-0.39, 0.29) is 33.7 Å². The molecule has 0 radical (unpaired) electrons. The van der Waals surface area contributed by atoms with E-state index in [4.69, 9.17) is 14.0 Å². The molecule has 0 aliphatic carbocycles. The molecule has 0 aliphatic rings. The van der Waals surface area contributed by atoms with Crippen LogP contribution >= 0.6 is 0 Å². The Hall–Kier alpha value is -3.90. The Labute approximate surface area is 210 Å². The first-order chi connectivity index (χ1) is 19.1. The number of para-hydroxylation sites is 2. The molecule has 2 aromatic heterocycles. The predicted molar refractivity (Wildman–Crippen MR) is 140 cm³/mol. The quantitative estimate of drug-likeness (QED) is 0.277. The number of aryl methyl sites for hydroxylation is 2. The number of pyridine rings is 1. The maximum atomic E-state index is 9.58. The van der Waals surface area contributed by atoms with Gasteiger partial charge in [-0.3, -0.25) is 4.98 Å². The van der Waals surface area contributed by atoms with Crippen LogP contribution in [0.3, 0.4) is 0 Å². The molecule has 0 saturated carbocycles. The third-order valence-electron chi connectivity index (χ3n) is 5.83. The SMILES string of the molecule is [2H]c1cc(CC(C)(C)C)cc(C([2H])([2H])[2H])c1-c1cc(-c2cccc3c2oc2c(C#N)cccc23)ncc1C([2H])([2H])[2H]. The van der Waals surface area contributed by atoms with Crippen LogP contribution in [0.25, 0.3) is 44.3 Å². The molecular formula is C31H28N2O. The maximum absolute atomic E-state index is 9.58. The van der Waals surface area contributed by atoms with Crippen LogP contribution in [0.5, 0.6) is 0 Å². The molecule has 0 unspecified atom stereocenters. The highest BCUT2D eigenvalue weighted by molar-refractivity contribution is 6.10. The van der Waals surface area contributed by atoms with Crippen molar-refractivity contribution in [3.63, 3.8) is 0 Å². The van der Waals surface area contributed by atoms with E-state index in [0.717, 1.165) is 10.8 Å². The highest BCUT2D eigenvalue weighted by Gasteiger charge is 2.17. The smallest absolute Gasteiger partial charge is 0.153 e. The summed E-state index contributed by atoms with van der Waals surface area (Å²) in [4.78, 5) is 4.47. The predicted octanol–water partition coefficient (Wildman–Crippen LogP) is 8.39. The van der Waals surface area contributed by atoms with Gasteiger partial charge in [-0.05, 0) is 71.6 Å². The van der Waals surface area contributed by atoms with Gasteiger partial charge in [-0.25, -0.2) is 0 Å². The summed E-state index contributed by atoms with van der Waals surface area (Å²) in [7, 11) is 0. The van der Waals surface area contributed by atoms with Gasteiger partial charge in [0.25, 0.3) is 0 Å². The van der Waals surface area contributed by atoms with Crippen LogP contribution in [0.1, 0.15) is 52.6 Å². The van der Waals surface area contributed by atoms with E-state index in [9.17, 15) is 5.26 Å². The lowest BCUT2D eigenvalue weighted by Crippen LogP contribution is -2.09. The Bertz CT molecular complexity index is 1850. The van der Waals surface area contributed by atoms with E-state index in [1.807, 2.05) is 39.0 Å². The minimum atomic E-state index is -2.61. The van der Waals surface area contributed by atoms with Crippen molar-refractivity contribution in [3.8, 4) is 28.5 Å². The van der Waals surface area contributed by atoms with Crippen LogP contribution in [-0.4, -0.2) is 4.98 Å². The van der Waals surface area contributed by atoms with Gasteiger partial charge >= 0.3 is 0 Å². The molecule has 34 heavy (non-hydrogen) atoms. The van der Waals surface area contributed by atoms with Crippen LogP contribution in [0.4, 0.5) is 0 Å². The van der Waals surface area contributed by atoms with E-state index in [1.54, 1.807) is 30.3 Å². The molecule has 168 valence electrons. The number of aromatic nitrogens is 1. The second kappa shape index (κ2) is 8.15. The number of hydrogen-bond donors (Lipinski definition) is 0. The van der Waals surface area contributed by atoms with E-state index in [2.05, 4.69) is 11.1 Å². The molecule has 3 aromatic carbocycles. The van der Waals surface area contributed by atoms with E-state index >= 15 is 0 Å². The minimum Gasteiger partial charge on any atom is -0.454 e. The van der Waals surface area contributed by atoms with Gasteiger partial charge in [0.2, 0.25) is 0 Å². The summed E-state index contributed by atoms with van der Waals surface area (Å²) in [5, 5.41) is 11.1. The van der Waals surface area contributed by atoms with Crippen LogP contribution in [0.15, 0.2) is 71.3 Å². The molecule has 0 aliphatic heterocycles. The summed E-state index contributed by atoms with van der Waals surface area (Å²) in [5.41, 5.74) is 2.66. The Kier molecular flexibility index (Phi) is 3.62. The van der Waals surface area contributed by atoms with Gasteiger partial charge in [0, 0.05) is 30.8 Å². The number of nitriles is 1. The highest BCUT2D eigenvalue weighted by atomic mass is 16.3. The Balaban J connectivity index is 1.81. The lowest BCUT2D eigenvalue weighted by molar-refractivity contribution is 0.411. The van der Waals surface area contributed by atoms with Crippen LogP contribution in [0.2, 0.25) is 0 Å². The van der Waals surface area contributed by atoms with Crippen LogP contribution in [-0.2, 0) is 6.42 Å². The van der Waals surface area contributed by atoms with Crippen molar-refractivity contribution in [2.75, 3.05) is 0 Å². The fraction of sp³-hybridized carbons (Fsp3) is 0.226. The lowest BCUT2D eigenvalue weighted by atomic mass is 9.86. The number of benzene rings is 3. The Morgan fingerprint density at radius 2 is 1.71 bits per heavy atom. The average molecular weight is 452 g/mol. The van der Waals surface area contributed by atoms with Gasteiger partial charge in [-0.2, -0.15) is 5.26 Å². The number of furan rings is 1.